The molecule has 1 aromatic rings. The van der Waals surface area contributed by atoms with E-state index >= 15 is 0 Å². The van der Waals surface area contributed by atoms with Crippen LogP contribution in [0.5, 0.6) is 0 Å². The van der Waals surface area contributed by atoms with Crippen molar-refractivity contribution in [1.29, 1.82) is 0 Å². The van der Waals surface area contributed by atoms with Gasteiger partial charge in [-0.05, 0) is 18.1 Å². The van der Waals surface area contributed by atoms with Crippen LogP contribution in [0.1, 0.15) is 18.1 Å². The Morgan fingerprint density at radius 2 is 2.12 bits per heavy atom. The molecule has 3 nitrogen and oxygen atoms in total. The Morgan fingerprint density at radius 1 is 1.47 bits per heavy atom. The summed E-state index contributed by atoms with van der Waals surface area (Å²) >= 11 is 0. The maximum Gasteiger partial charge on any atom is 0.309 e. The quantitative estimate of drug-likeness (QED) is 0.604. The first kappa shape index (κ1) is 13.5. The van der Waals surface area contributed by atoms with Crippen molar-refractivity contribution in [3.05, 3.63) is 48.0 Å². The molecule has 0 aliphatic heterocycles. The molecule has 0 spiro atoms. The van der Waals surface area contributed by atoms with Crippen LogP contribution in [0.15, 0.2) is 36.9 Å². The number of hydrogen-bond acceptors (Lipinski definition) is 3. The molecule has 0 aliphatic rings. The normalized spacial score (nSPS) is 11.9. The van der Waals surface area contributed by atoms with Gasteiger partial charge in [0.1, 0.15) is 0 Å². The highest BCUT2D eigenvalue weighted by molar-refractivity contribution is 5.72. The predicted octanol–water partition coefficient (Wildman–Crippen LogP) is 2.07. The number of carbonyl (C=O) groups is 1. The first-order valence-corrected chi connectivity index (χ1v) is 5.67. The molecule has 0 saturated carbocycles. The summed E-state index contributed by atoms with van der Waals surface area (Å²) in [5.74, 6) is -0.214. The van der Waals surface area contributed by atoms with Gasteiger partial charge in [0, 0.05) is 12.6 Å². The molecule has 1 N–H and O–H groups in total. The van der Waals surface area contributed by atoms with Gasteiger partial charge in [-0.1, -0.05) is 30.3 Å². The molecular formula is C14H19NO2. The van der Waals surface area contributed by atoms with Gasteiger partial charge in [-0.15, -0.1) is 6.58 Å². The van der Waals surface area contributed by atoms with Crippen molar-refractivity contribution in [2.45, 2.75) is 25.9 Å². The number of rotatable bonds is 6. The molecule has 1 rings (SSSR count). The maximum atomic E-state index is 11.3. The van der Waals surface area contributed by atoms with Crippen LogP contribution < -0.4 is 5.32 Å². The van der Waals surface area contributed by atoms with Crippen LogP contribution in [0.4, 0.5) is 0 Å². The monoisotopic (exact) mass is 233 g/mol. The van der Waals surface area contributed by atoms with E-state index in [1.807, 2.05) is 37.3 Å². The van der Waals surface area contributed by atoms with E-state index in [1.165, 1.54) is 7.11 Å². The van der Waals surface area contributed by atoms with Crippen molar-refractivity contribution in [3.63, 3.8) is 0 Å². The zero-order valence-corrected chi connectivity index (χ0v) is 10.4. The molecule has 0 amide bonds. The Morgan fingerprint density at radius 3 is 2.71 bits per heavy atom. The zero-order chi connectivity index (χ0) is 12.7. The molecule has 1 unspecified atom stereocenters. The number of hydrogen-bond donors (Lipinski definition) is 1. The number of carbonyl (C=O) groups excluding carboxylic acids is 1. The lowest BCUT2D eigenvalue weighted by Gasteiger charge is -2.12. The second-order valence-corrected chi connectivity index (χ2v) is 3.93. The molecule has 3 heteroatoms. The van der Waals surface area contributed by atoms with E-state index in [1.54, 1.807) is 0 Å². The fraction of sp³-hybridized carbons (Fsp3) is 0.357. The van der Waals surface area contributed by atoms with Crippen molar-refractivity contribution < 1.29 is 9.53 Å². The lowest BCUT2D eigenvalue weighted by atomic mass is 10.0. The largest absolute Gasteiger partial charge is 0.469 e. The van der Waals surface area contributed by atoms with Crippen LogP contribution in [-0.4, -0.2) is 19.1 Å². The number of ether oxygens (including phenoxy) is 1. The fourth-order valence-electron chi connectivity index (χ4n) is 1.48. The summed E-state index contributed by atoms with van der Waals surface area (Å²) in [6.45, 7) is 6.48. The minimum Gasteiger partial charge on any atom is -0.469 e. The van der Waals surface area contributed by atoms with E-state index in [0.29, 0.717) is 6.42 Å². The lowest BCUT2D eigenvalue weighted by molar-refractivity contribution is -0.139. The average molecular weight is 233 g/mol. The van der Waals surface area contributed by atoms with Crippen LogP contribution in [0.3, 0.4) is 0 Å². The summed E-state index contributed by atoms with van der Waals surface area (Å²) in [5.41, 5.74) is 2.12. The molecule has 0 heterocycles. The Balaban J connectivity index is 2.70. The van der Waals surface area contributed by atoms with Gasteiger partial charge in [0.2, 0.25) is 0 Å². The standard InChI is InChI=1S/C14H19NO2/c1-4-11(2)15-10-13-8-6-5-7-12(13)9-14(16)17-3/h4-8,11,15H,1,9-10H2,2-3H3. The summed E-state index contributed by atoms with van der Waals surface area (Å²) in [4.78, 5) is 11.3. The number of benzene rings is 1. The van der Waals surface area contributed by atoms with Gasteiger partial charge >= 0.3 is 5.97 Å². The van der Waals surface area contributed by atoms with E-state index in [4.69, 9.17) is 0 Å². The van der Waals surface area contributed by atoms with E-state index in [0.717, 1.165) is 17.7 Å². The second kappa shape index (κ2) is 6.86. The van der Waals surface area contributed by atoms with Crippen molar-refractivity contribution in [1.82, 2.24) is 5.32 Å². The highest BCUT2D eigenvalue weighted by atomic mass is 16.5. The van der Waals surface area contributed by atoms with Gasteiger partial charge in [-0.3, -0.25) is 4.79 Å². The van der Waals surface area contributed by atoms with E-state index in [2.05, 4.69) is 16.6 Å². The molecule has 0 saturated heterocycles. The van der Waals surface area contributed by atoms with Crippen molar-refractivity contribution >= 4 is 5.97 Å². The third-order valence-electron chi connectivity index (χ3n) is 2.65. The summed E-state index contributed by atoms with van der Waals surface area (Å²) < 4.78 is 4.68. The predicted molar refractivity (Wildman–Crippen MR) is 68.7 cm³/mol. The van der Waals surface area contributed by atoms with Crippen LogP contribution >= 0.6 is 0 Å². The summed E-state index contributed by atoms with van der Waals surface area (Å²) in [6, 6.07) is 8.11. The Hall–Kier alpha value is -1.61. The average Bonchev–Trinajstić information content (AvgIpc) is 2.37. The van der Waals surface area contributed by atoms with Gasteiger partial charge in [0.15, 0.2) is 0 Å². The molecule has 17 heavy (non-hydrogen) atoms. The first-order valence-electron chi connectivity index (χ1n) is 5.67. The maximum absolute atomic E-state index is 11.3. The lowest BCUT2D eigenvalue weighted by Crippen LogP contribution is -2.23. The van der Waals surface area contributed by atoms with Crippen molar-refractivity contribution in [2.75, 3.05) is 7.11 Å². The molecule has 92 valence electrons. The molecule has 0 fully saturated rings. The van der Waals surface area contributed by atoms with Crippen molar-refractivity contribution in [2.24, 2.45) is 0 Å². The van der Waals surface area contributed by atoms with Crippen LogP contribution in [0, 0.1) is 0 Å². The van der Waals surface area contributed by atoms with E-state index in [9.17, 15) is 4.79 Å². The van der Waals surface area contributed by atoms with Gasteiger partial charge in [-0.2, -0.15) is 0 Å². The Bertz CT molecular complexity index is 388. The van der Waals surface area contributed by atoms with Gasteiger partial charge in [-0.25, -0.2) is 0 Å². The Kier molecular flexibility index (Phi) is 5.43. The summed E-state index contributed by atoms with van der Waals surface area (Å²) in [6.07, 6.45) is 2.17. The molecule has 0 radical (unpaired) electrons. The van der Waals surface area contributed by atoms with Crippen LogP contribution in [0.2, 0.25) is 0 Å². The fourth-order valence-corrected chi connectivity index (χ4v) is 1.48. The minimum absolute atomic E-state index is 0.214. The third-order valence-corrected chi connectivity index (χ3v) is 2.65. The molecule has 1 atom stereocenters. The van der Waals surface area contributed by atoms with Gasteiger partial charge in [0.05, 0.1) is 13.5 Å². The first-order chi connectivity index (χ1) is 8.17. The van der Waals surface area contributed by atoms with Crippen LogP contribution in [-0.2, 0) is 22.5 Å². The van der Waals surface area contributed by atoms with E-state index < -0.39 is 0 Å². The number of esters is 1. The second-order valence-electron chi connectivity index (χ2n) is 3.93. The smallest absolute Gasteiger partial charge is 0.309 e. The minimum atomic E-state index is -0.214. The SMILES string of the molecule is C=CC(C)NCc1ccccc1CC(=O)OC. The molecule has 0 bridgehead atoms. The Labute approximate surface area is 102 Å². The number of methoxy groups -OCH3 is 1. The summed E-state index contributed by atoms with van der Waals surface area (Å²) in [5, 5.41) is 3.31. The van der Waals surface area contributed by atoms with Crippen LogP contribution in [0.25, 0.3) is 0 Å². The highest BCUT2D eigenvalue weighted by Gasteiger charge is 2.07. The third kappa shape index (κ3) is 4.41. The highest BCUT2D eigenvalue weighted by Crippen LogP contribution is 2.10. The topological polar surface area (TPSA) is 38.3 Å². The van der Waals surface area contributed by atoms with Gasteiger partial charge in [0.25, 0.3) is 0 Å². The zero-order valence-electron chi connectivity index (χ0n) is 10.4. The van der Waals surface area contributed by atoms with Gasteiger partial charge < -0.3 is 10.1 Å². The van der Waals surface area contributed by atoms with Crippen molar-refractivity contribution in [3.8, 4) is 0 Å². The molecular weight excluding hydrogens is 214 g/mol. The molecule has 1 aromatic carbocycles. The molecule has 0 aliphatic carbocycles. The van der Waals surface area contributed by atoms with E-state index in [-0.39, 0.29) is 12.0 Å². The molecule has 0 aromatic heterocycles. The number of nitrogens with one attached hydrogen (secondary N) is 1. The summed E-state index contributed by atoms with van der Waals surface area (Å²) in [7, 11) is 1.41.